The second-order valence-corrected chi connectivity index (χ2v) is 5.86. The van der Waals surface area contributed by atoms with Crippen LogP contribution < -0.4 is 0 Å². The molecule has 0 aromatic heterocycles. The van der Waals surface area contributed by atoms with Gasteiger partial charge in [0.1, 0.15) is 0 Å². The molecule has 0 spiro atoms. The summed E-state index contributed by atoms with van der Waals surface area (Å²) in [6, 6.07) is 0. The van der Waals surface area contributed by atoms with Gasteiger partial charge in [0.15, 0.2) is 0 Å². The summed E-state index contributed by atoms with van der Waals surface area (Å²) in [5, 5.41) is 0. The largest absolute Gasteiger partial charge is 0.338 e. The van der Waals surface area contributed by atoms with Crippen LogP contribution in [0, 0.1) is 5.92 Å². The van der Waals surface area contributed by atoms with E-state index in [4.69, 9.17) is 0 Å². The zero-order valence-electron chi connectivity index (χ0n) is 10.6. The molecule has 2 aliphatic rings. The van der Waals surface area contributed by atoms with E-state index in [9.17, 15) is 4.79 Å². The molecule has 0 aliphatic carbocycles. The van der Waals surface area contributed by atoms with Crippen molar-refractivity contribution in [2.75, 3.05) is 44.7 Å². The van der Waals surface area contributed by atoms with E-state index in [0.29, 0.717) is 12.5 Å². The molecule has 3 nitrogen and oxygen atoms in total. The number of likely N-dealkylation sites (tertiary alicyclic amines) is 1. The number of hydrogen-bond acceptors (Lipinski definition) is 3. The molecule has 0 aromatic rings. The van der Waals surface area contributed by atoms with Crippen molar-refractivity contribution in [1.82, 2.24) is 9.80 Å². The van der Waals surface area contributed by atoms with Gasteiger partial charge in [-0.1, -0.05) is 12.2 Å². The second kappa shape index (κ2) is 6.45. The van der Waals surface area contributed by atoms with E-state index >= 15 is 0 Å². The van der Waals surface area contributed by atoms with E-state index in [0.717, 1.165) is 38.5 Å². The van der Waals surface area contributed by atoms with Crippen LogP contribution in [0.3, 0.4) is 0 Å². The third-order valence-electron chi connectivity index (χ3n) is 3.54. The number of nitrogens with zero attached hydrogens (tertiary/aromatic N) is 2. The lowest BCUT2D eigenvalue weighted by Crippen LogP contribution is -2.41. The van der Waals surface area contributed by atoms with Crippen LogP contribution in [0.2, 0.25) is 0 Å². The Labute approximate surface area is 108 Å². The lowest BCUT2D eigenvalue weighted by molar-refractivity contribution is -0.131. The zero-order valence-corrected chi connectivity index (χ0v) is 11.4. The fourth-order valence-electron chi connectivity index (χ4n) is 2.59. The molecule has 1 unspecified atom stereocenters. The summed E-state index contributed by atoms with van der Waals surface area (Å²) in [4.78, 5) is 16.4. The van der Waals surface area contributed by atoms with Gasteiger partial charge in [-0.2, -0.15) is 11.8 Å². The fourth-order valence-corrected chi connectivity index (χ4v) is 3.33. The second-order valence-electron chi connectivity index (χ2n) is 4.94. The Morgan fingerprint density at radius 1 is 1.41 bits per heavy atom. The summed E-state index contributed by atoms with van der Waals surface area (Å²) in [6.07, 6.45) is 8.69. The van der Waals surface area contributed by atoms with Crippen LogP contribution in [0.25, 0.3) is 0 Å². The molecule has 2 rings (SSSR count). The van der Waals surface area contributed by atoms with Gasteiger partial charge < -0.3 is 4.90 Å². The maximum absolute atomic E-state index is 12.1. The molecular weight excluding hydrogens is 232 g/mol. The first-order chi connectivity index (χ1) is 8.29. The van der Waals surface area contributed by atoms with Gasteiger partial charge in [-0.25, -0.2) is 0 Å². The molecule has 17 heavy (non-hydrogen) atoms. The SMILES string of the molecule is CSCC1CCN(CC(=O)N2CC=CCC2)C1. The molecule has 1 amide bonds. The van der Waals surface area contributed by atoms with Gasteiger partial charge >= 0.3 is 0 Å². The molecular formula is C13H22N2OS. The summed E-state index contributed by atoms with van der Waals surface area (Å²) >= 11 is 1.92. The van der Waals surface area contributed by atoms with Gasteiger partial charge in [-0.05, 0) is 37.3 Å². The van der Waals surface area contributed by atoms with E-state index in [1.165, 1.54) is 12.2 Å². The summed E-state index contributed by atoms with van der Waals surface area (Å²) in [7, 11) is 0. The minimum absolute atomic E-state index is 0.305. The first kappa shape index (κ1) is 13.0. The number of rotatable bonds is 4. The van der Waals surface area contributed by atoms with Crippen molar-refractivity contribution in [3.63, 3.8) is 0 Å². The highest BCUT2D eigenvalue weighted by molar-refractivity contribution is 7.98. The summed E-state index contributed by atoms with van der Waals surface area (Å²) in [5.41, 5.74) is 0. The highest BCUT2D eigenvalue weighted by atomic mass is 32.2. The normalized spacial score (nSPS) is 25.5. The predicted octanol–water partition coefficient (Wildman–Crippen LogP) is 1.46. The first-order valence-corrected chi connectivity index (χ1v) is 7.83. The lowest BCUT2D eigenvalue weighted by atomic mass is 10.2. The van der Waals surface area contributed by atoms with Gasteiger partial charge in [0, 0.05) is 19.6 Å². The van der Waals surface area contributed by atoms with Crippen molar-refractivity contribution >= 4 is 17.7 Å². The van der Waals surface area contributed by atoms with Gasteiger partial charge in [0.2, 0.25) is 5.91 Å². The zero-order chi connectivity index (χ0) is 12.1. The van der Waals surface area contributed by atoms with E-state index in [2.05, 4.69) is 23.3 Å². The summed E-state index contributed by atoms with van der Waals surface area (Å²) < 4.78 is 0. The molecule has 96 valence electrons. The molecule has 0 saturated carbocycles. The van der Waals surface area contributed by atoms with Gasteiger partial charge in [-0.15, -0.1) is 0 Å². The monoisotopic (exact) mass is 254 g/mol. The Morgan fingerprint density at radius 2 is 2.29 bits per heavy atom. The molecule has 2 heterocycles. The van der Waals surface area contributed by atoms with E-state index in [1.54, 1.807) is 0 Å². The van der Waals surface area contributed by atoms with Crippen molar-refractivity contribution in [1.29, 1.82) is 0 Å². The van der Waals surface area contributed by atoms with Crippen LogP contribution in [0.15, 0.2) is 12.2 Å². The first-order valence-electron chi connectivity index (χ1n) is 6.43. The van der Waals surface area contributed by atoms with Crippen molar-refractivity contribution in [2.45, 2.75) is 12.8 Å². The Kier molecular flexibility index (Phi) is 4.92. The van der Waals surface area contributed by atoms with Crippen LogP contribution in [0.4, 0.5) is 0 Å². The smallest absolute Gasteiger partial charge is 0.237 e. The topological polar surface area (TPSA) is 23.6 Å². The molecule has 0 radical (unpaired) electrons. The molecule has 4 heteroatoms. The van der Waals surface area contributed by atoms with Crippen LogP contribution >= 0.6 is 11.8 Å². The average Bonchev–Trinajstić information content (AvgIpc) is 2.78. The summed E-state index contributed by atoms with van der Waals surface area (Å²) in [5.74, 6) is 2.33. The maximum atomic E-state index is 12.1. The highest BCUT2D eigenvalue weighted by Crippen LogP contribution is 2.19. The van der Waals surface area contributed by atoms with E-state index < -0.39 is 0 Å². The number of amides is 1. The number of carbonyl (C=O) groups excluding carboxylic acids is 1. The van der Waals surface area contributed by atoms with Crippen molar-refractivity contribution in [2.24, 2.45) is 5.92 Å². The third kappa shape index (κ3) is 3.75. The number of hydrogen-bond donors (Lipinski definition) is 0. The van der Waals surface area contributed by atoms with Crippen molar-refractivity contribution in [3.8, 4) is 0 Å². The van der Waals surface area contributed by atoms with Crippen LogP contribution in [-0.2, 0) is 4.79 Å². The molecule has 1 atom stereocenters. The van der Waals surface area contributed by atoms with E-state index in [1.807, 2.05) is 16.7 Å². The molecule has 0 aromatic carbocycles. The lowest BCUT2D eigenvalue weighted by Gasteiger charge is -2.26. The van der Waals surface area contributed by atoms with Crippen molar-refractivity contribution in [3.05, 3.63) is 12.2 Å². The molecule has 2 aliphatic heterocycles. The molecule has 1 fully saturated rings. The van der Waals surface area contributed by atoms with Gasteiger partial charge in [0.25, 0.3) is 0 Å². The van der Waals surface area contributed by atoms with Crippen LogP contribution in [0.1, 0.15) is 12.8 Å². The fraction of sp³-hybridized carbons (Fsp3) is 0.769. The molecule has 1 saturated heterocycles. The Morgan fingerprint density at radius 3 is 3.00 bits per heavy atom. The minimum atomic E-state index is 0.305. The standard InChI is InChI=1S/C13H22N2OS/c1-17-11-12-5-8-14(9-12)10-13(16)15-6-3-2-4-7-15/h2-3,12H,4-11H2,1H3. The van der Waals surface area contributed by atoms with E-state index in [-0.39, 0.29) is 0 Å². The average molecular weight is 254 g/mol. The van der Waals surface area contributed by atoms with Crippen molar-refractivity contribution < 1.29 is 4.79 Å². The maximum Gasteiger partial charge on any atom is 0.237 e. The van der Waals surface area contributed by atoms with Gasteiger partial charge in [0.05, 0.1) is 6.54 Å². The third-order valence-corrected chi connectivity index (χ3v) is 4.35. The molecule has 0 bridgehead atoms. The van der Waals surface area contributed by atoms with Crippen LogP contribution in [0.5, 0.6) is 0 Å². The predicted molar refractivity (Wildman–Crippen MR) is 73.3 cm³/mol. The Hall–Kier alpha value is -0.480. The minimum Gasteiger partial charge on any atom is -0.338 e. The summed E-state index contributed by atoms with van der Waals surface area (Å²) in [6.45, 7) is 4.54. The Balaban J connectivity index is 1.74. The Bertz CT molecular complexity index is 293. The molecule has 0 N–H and O–H groups in total. The number of carbonyl (C=O) groups is 1. The quantitative estimate of drug-likeness (QED) is 0.710. The van der Waals surface area contributed by atoms with Gasteiger partial charge in [-0.3, -0.25) is 9.69 Å². The highest BCUT2D eigenvalue weighted by Gasteiger charge is 2.25. The van der Waals surface area contributed by atoms with Crippen LogP contribution in [-0.4, -0.2) is 60.4 Å². The number of thioether (sulfide) groups is 1.